The third-order valence-electron chi connectivity index (χ3n) is 5.98. The summed E-state index contributed by atoms with van der Waals surface area (Å²) in [6.07, 6.45) is 6.46. The fourth-order valence-electron chi connectivity index (χ4n) is 4.88. The highest BCUT2D eigenvalue weighted by molar-refractivity contribution is 5.62. The maximum Gasteiger partial charge on any atom is 0.223 e. The second kappa shape index (κ2) is 5.26. The summed E-state index contributed by atoms with van der Waals surface area (Å²) in [6.45, 7) is 1.98. The Hall–Kier alpha value is -1.56. The molecule has 1 aliphatic heterocycles. The number of aromatic nitrogens is 2. The highest BCUT2D eigenvalue weighted by Crippen LogP contribution is 2.55. The zero-order chi connectivity index (χ0) is 15.3. The van der Waals surface area contributed by atoms with E-state index in [0.717, 1.165) is 37.2 Å². The van der Waals surface area contributed by atoms with E-state index in [0.29, 0.717) is 23.7 Å². The van der Waals surface area contributed by atoms with Gasteiger partial charge in [-0.15, -0.1) is 0 Å². The first-order valence-corrected chi connectivity index (χ1v) is 8.50. The molecule has 120 valence electrons. The lowest BCUT2D eigenvalue weighted by molar-refractivity contribution is 0.419. The molecule has 0 radical (unpaired) electrons. The number of hydrogen-bond donors (Lipinski definition) is 3. The maximum absolute atomic E-state index is 6.30. The van der Waals surface area contributed by atoms with Gasteiger partial charge in [0.25, 0.3) is 0 Å². The molecule has 1 aromatic heterocycles. The number of nitrogens with two attached hydrogens (primary N) is 2. The molecule has 0 amide bonds. The predicted molar refractivity (Wildman–Crippen MR) is 88.7 cm³/mol. The number of rotatable bonds is 3. The second-order valence-corrected chi connectivity index (χ2v) is 7.21. The Balaban J connectivity index is 1.71. The van der Waals surface area contributed by atoms with Gasteiger partial charge in [0.15, 0.2) is 0 Å². The Kier molecular flexibility index (Phi) is 3.36. The third-order valence-corrected chi connectivity index (χ3v) is 5.98. The van der Waals surface area contributed by atoms with Gasteiger partial charge >= 0.3 is 0 Å². The molecule has 5 N–H and O–H groups in total. The zero-order valence-electron chi connectivity index (χ0n) is 13.3. The van der Waals surface area contributed by atoms with Crippen LogP contribution in [0, 0.1) is 11.8 Å². The van der Waals surface area contributed by atoms with Crippen LogP contribution in [0.1, 0.15) is 43.6 Å². The number of nitrogens with zero attached hydrogens (tertiary/aromatic N) is 3. The topological polar surface area (TPSA) is 93.1 Å². The number of nitrogen functional groups attached to an aromatic ring is 2. The summed E-state index contributed by atoms with van der Waals surface area (Å²) in [5, 5.41) is 3.36. The molecule has 2 saturated carbocycles. The molecule has 3 aliphatic rings. The molecule has 2 bridgehead atoms. The van der Waals surface area contributed by atoms with Gasteiger partial charge < -0.3 is 21.7 Å². The molecule has 4 rings (SSSR count). The van der Waals surface area contributed by atoms with Crippen LogP contribution < -0.4 is 21.7 Å². The molecule has 3 unspecified atom stereocenters. The Morgan fingerprint density at radius 2 is 2.00 bits per heavy atom. The highest BCUT2D eigenvalue weighted by Gasteiger charge is 2.43. The maximum atomic E-state index is 6.30. The smallest absolute Gasteiger partial charge is 0.223 e. The van der Waals surface area contributed by atoms with Gasteiger partial charge in [-0.25, -0.2) is 0 Å². The average Bonchev–Trinajstić information content (AvgIpc) is 3.22. The summed E-state index contributed by atoms with van der Waals surface area (Å²) in [6, 6.07) is 0.519. The summed E-state index contributed by atoms with van der Waals surface area (Å²) in [5.41, 5.74) is 13.4. The Bertz CT molecular complexity index is 574. The molecule has 0 spiro atoms. The molecular formula is C16H26N6. The van der Waals surface area contributed by atoms with Gasteiger partial charge in [0.1, 0.15) is 11.6 Å². The van der Waals surface area contributed by atoms with Gasteiger partial charge in [-0.2, -0.15) is 9.97 Å². The van der Waals surface area contributed by atoms with E-state index in [1.165, 1.54) is 31.2 Å². The molecule has 4 atom stereocenters. The number of hydrogen-bond acceptors (Lipinski definition) is 6. The largest absolute Gasteiger partial charge is 0.383 e. The first-order chi connectivity index (χ1) is 10.7. The van der Waals surface area contributed by atoms with Crippen molar-refractivity contribution in [3.05, 3.63) is 5.56 Å². The van der Waals surface area contributed by atoms with Gasteiger partial charge in [-0.3, -0.25) is 0 Å². The number of nitrogens with one attached hydrogen (secondary N) is 1. The van der Waals surface area contributed by atoms with Crippen LogP contribution in [0.3, 0.4) is 0 Å². The van der Waals surface area contributed by atoms with Crippen LogP contribution >= 0.6 is 0 Å². The predicted octanol–water partition coefficient (Wildman–Crippen LogP) is 1.34. The standard InChI is InChI=1S/C16H26N6/c1-19-11-4-5-22(8-11)15-13(14(17)20-16(18)21-15)12-7-9-2-3-10(12)6-9/h9-12,19H,2-8H2,1H3,(H4,17,18,20,21)/t9?,10?,11-,12?/m0/s1. The molecule has 1 aromatic rings. The van der Waals surface area contributed by atoms with Crippen molar-refractivity contribution >= 4 is 17.6 Å². The van der Waals surface area contributed by atoms with E-state index >= 15 is 0 Å². The summed E-state index contributed by atoms with van der Waals surface area (Å²) in [7, 11) is 2.02. The van der Waals surface area contributed by atoms with Crippen molar-refractivity contribution in [3.63, 3.8) is 0 Å². The van der Waals surface area contributed by atoms with Crippen LogP contribution in [-0.4, -0.2) is 36.1 Å². The first-order valence-electron chi connectivity index (χ1n) is 8.50. The lowest BCUT2D eigenvalue weighted by atomic mass is 9.83. The van der Waals surface area contributed by atoms with E-state index in [4.69, 9.17) is 11.5 Å². The quantitative estimate of drug-likeness (QED) is 0.780. The minimum atomic E-state index is 0.298. The van der Waals surface area contributed by atoms with Crippen molar-refractivity contribution in [2.45, 2.75) is 44.1 Å². The van der Waals surface area contributed by atoms with Crippen molar-refractivity contribution < 1.29 is 0 Å². The highest BCUT2D eigenvalue weighted by atomic mass is 15.3. The minimum Gasteiger partial charge on any atom is -0.383 e. The van der Waals surface area contributed by atoms with Crippen LogP contribution in [0.5, 0.6) is 0 Å². The van der Waals surface area contributed by atoms with E-state index in [9.17, 15) is 0 Å². The first kappa shape index (κ1) is 14.1. The van der Waals surface area contributed by atoms with Crippen LogP contribution in [0.25, 0.3) is 0 Å². The lowest BCUT2D eigenvalue weighted by Gasteiger charge is -2.28. The summed E-state index contributed by atoms with van der Waals surface area (Å²) in [5.74, 6) is 4.08. The Morgan fingerprint density at radius 3 is 2.64 bits per heavy atom. The fraction of sp³-hybridized carbons (Fsp3) is 0.750. The van der Waals surface area contributed by atoms with Crippen molar-refractivity contribution in [1.82, 2.24) is 15.3 Å². The third kappa shape index (κ3) is 2.20. The molecule has 0 aromatic carbocycles. The average molecular weight is 302 g/mol. The fourth-order valence-corrected chi connectivity index (χ4v) is 4.88. The number of fused-ring (bicyclic) bond motifs is 2. The molecule has 22 heavy (non-hydrogen) atoms. The van der Waals surface area contributed by atoms with Crippen LogP contribution in [0.15, 0.2) is 0 Å². The molecule has 2 aliphatic carbocycles. The van der Waals surface area contributed by atoms with Crippen LogP contribution in [0.4, 0.5) is 17.6 Å². The lowest BCUT2D eigenvalue weighted by Crippen LogP contribution is -2.31. The normalized spacial score (nSPS) is 33.8. The van der Waals surface area contributed by atoms with Crippen LogP contribution in [0.2, 0.25) is 0 Å². The molecule has 2 heterocycles. The van der Waals surface area contributed by atoms with Crippen molar-refractivity contribution in [3.8, 4) is 0 Å². The minimum absolute atomic E-state index is 0.298. The summed E-state index contributed by atoms with van der Waals surface area (Å²) in [4.78, 5) is 11.2. The van der Waals surface area contributed by atoms with Gasteiger partial charge in [-0.1, -0.05) is 6.42 Å². The monoisotopic (exact) mass is 302 g/mol. The Labute approximate surface area is 131 Å². The van der Waals surface area contributed by atoms with Crippen molar-refractivity contribution in [1.29, 1.82) is 0 Å². The van der Waals surface area contributed by atoms with E-state index in [1.807, 2.05) is 7.05 Å². The molecule has 1 saturated heterocycles. The SMILES string of the molecule is CN[C@H]1CCN(c2nc(N)nc(N)c2C2CC3CCC2C3)C1. The van der Waals surface area contributed by atoms with Gasteiger partial charge in [0.05, 0.1) is 0 Å². The van der Waals surface area contributed by atoms with E-state index in [2.05, 4.69) is 20.2 Å². The van der Waals surface area contributed by atoms with E-state index < -0.39 is 0 Å². The van der Waals surface area contributed by atoms with Gasteiger partial charge in [0.2, 0.25) is 5.95 Å². The number of likely N-dealkylation sites (N-methyl/N-ethyl adjacent to an activating group) is 1. The Morgan fingerprint density at radius 1 is 1.14 bits per heavy atom. The van der Waals surface area contributed by atoms with Gasteiger partial charge in [-0.05, 0) is 50.5 Å². The molecule has 6 nitrogen and oxygen atoms in total. The summed E-state index contributed by atoms with van der Waals surface area (Å²) < 4.78 is 0. The van der Waals surface area contributed by atoms with E-state index in [1.54, 1.807) is 0 Å². The molecule has 6 heteroatoms. The van der Waals surface area contributed by atoms with Crippen molar-refractivity contribution in [2.24, 2.45) is 11.8 Å². The van der Waals surface area contributed by atoms with Gasteiger partial charge in [0, 0.05) is 24.7 Å². The summed E-state index contributed by atoms with van der Waals surface area (Å²) >= 11 is 0. The van der Waals surface area contributed by atoms with E-state index in [-0.39, 0.29) is 0 Å². The van der Waals surface area contributed by atoms with Crippen LogP contribution in [-0.2, 0) is 0 Å². The van der Waals surface area contributed by atoms with Crippen molar-refractivity contribution in [2.75, 3.05) is 36.5 Å². The second-order valence-electron chi connectivity index (χ2n) is 7.21. The zero-order valence-corrected chi connectivity index (χ0v) is 13.3. The molecular weight excluding hydrogens is 276 g/mol. The number of anilines is 3. The molecule has 3 fully saturated rings.